The maximum absolute atomic E-state index is 6.05. The molecule has 5 heteroatoms. The molecule has 2 unspecified atom stereocenters. The molecule has 0 aliphatic rings. The van der Waals surface area contributed by atoms with Gasteiger partial charge in [0.05, 0.1) is 12.6 Å². The highest BCUT2D eigenvalue weighted by molar-refractivity contribution is 5.20. The van der Waals surface area contributed by atoms with Crippen LogP contribution in [-0.2, 0) is 6.42 Å². The lowest BCUT2D eigenvalue weighted by Gasteiger charge is -2.12. The fraction of sp³-hybridized carbons (Fsp3) is 0.467. The Morgan fingerprint density at radius 1 is 1.30 bits per heavy atom. The largest absolute Gasteiger partial charge is 0.493 e. The summed E-state index contributed by atoms with van der Waals surface area (Å²) < 4.78 is 10.8. The third kappa shape index (κ3) is 3.81. The Kier molecular flexibility index (Phi) is 5.12. The summed E-state index contributed by atoms with van der Waals surface area (Å²) in [6.07, 6.45) is 1.58. The Morgan fingerprint density at radius 2 is 2.05 bits per heavy atom. The van der Waals surface area contributed by atoms with Gasteiger partial charge in [0.2, 0.25) is 5.89 Å². The number of para-hydroxylation sites is 1. The number of nitrogens with two attached hydrogens (primary N) is 1. The van der Waals surface area contributed by atoms with E-state index in [4.69, 9.17) is 15.0 Å². The van der Waals surface area contributed by atoms with Gasteiger partial charge in [-0.3, -0.25) is 0 Å². The zero-order valence-corrected chi connectivity index (χ0v) is 12.0. The molecule has 0 fully saturated rings. The summed E-state index contributed by atoms with van der Waals surface area (Å²) >= 11 is 0. The molecule has 0 saturated heterocycles. The zero-order valence-electron chi connectivity index (χ0n) is 12.0. The van der Waals surface area contributed by atoms with Gasteiger partial charge >= 0.3 is 0 Å². The van der Waals surface area contributed by atoms with Gasteiger partial charge in [0.1, 0.15) is 5.75 Å². The first-order chi connectivity index (χ1) is 9.70. The highest BCUT2D eigenvalue weighted by Crippen LogP contribution is 2.20. The van der Waals surface area contributed by atoms with Crippen LogP contribution in [0.1, 0.15) is 38.0 Å². The predicted octanol–water partition coefficient (Wildman–Crippen LogP) is 2.74. The van der Waals surface area contributed by atoms with Gasteiger partial charge in [-0.05, 0) is 18.1 Å². The number of hydrogen-bond donors (Lipinski definition) is 1. The van der Waals surface area contributed by atoms with Crippen molar-refractivity contribution in [2.45, 2.75) is 32.7 Å². The van der Waals surface area contributed by atoms with Gasteiger partial charge < -0.3 is 15.0 Å². The minimum atomic E-state index is -0.198. The van der Waals surface area contributed by atoms with E-state index >= 15 is 0 Å². The van der Waals surface area contributed by atoms with Crippen molar-refractivity contribution >= 4 is 0 Å². The van der Waals surface area contributed by atoms with Crippen LogP contribution in [0.5, 0.6) is 5.75 Å². The second-order valence-corrected chi connectivity index (χ2v) is 4.87. The van der Waals surface area contributed by atoms with E-state index in [1.807, 2.05) is 30.3 Å². The van der Waals surface area contributed by atoms with Crippen LogP contribution >= 0.6 is 0 Å². The topological polar surface area (TPSA) is 74.2 Å². The van der Waals surface area contributed by atoms with E-state index in [9.17, 15) is 0 Å². The summed E-state index contributed by atoms with van der Waals surface area (Å²) in [5.74, 6) is 2.31. The minimum Gasteiger partial charge on any atom is -0.493 e. The number of rotatable bonds is 7. The Bertz CT molecular complexity index is 513. The van der Waals surface area contributed by atoms with E-state index in [1.54, 1.807) is 0 Å². The van der Waals surface area contributed by atoms with Crippen LogP contribution in [0.25, 0.3) is 0 Å². The summed E-state index contributed by atoms with van der Waals surface area (Å²) in [6.45, 7) is 4.68. The lowest BCUT2D eigenvalue weighted by atomic mass is 10.0. The van der Waals surface area contributed by atoms with Crippen molar-refractivity contribution in [3.63, 3.8) is 0 Å². The molecule has 2 N–H and O–H groups in total. The Morgan fingerprint density at radius 3 is 2.75 bits per heavy atom. The summed E-state index contributed by atoms with van der Waals surface area (Å²) in [5.41, 5.74) is 6.05. The third-order valence-corrected chi connectivity index (χ3v) is 3.36. The highest BCUT2D eigenvalue weighted by Gasteiger charge is 2.19. The van der Waals surface area contributed by atoms with Gasteiger partial charge in [0, 0.05) is 6.42 Å². The molecule has 0 bridgehead atoms. The number of ether oxygens (including phenoxy) is 1. The summed E-state index contributed by atoms with van der Waals surface area (Å²) in [6, 6.07) is 9.46. The Balaban J connectivity index is 1.84. The molecule has 1 heterocycles. The van der Waals surface area contributed by atoms with Crippen LogP contribution in [0.15, 0.2) is 34.9 Å². The van der Waals surface area contributed by atoms with E-state index in [2.05, 4.69) is 24.0 Å². The van der Waals surface area contributed by atoms with Gasteiger partial charge in [-0.25, -0.2) is 0 Å². The molecule has 0 aliphatic carbocycles. The van der Waals surface area contributed by atoms with Crippen molar-refractivity contribution in [3.8, 4) is 5.75 Å². The molecular weight excluding hydrogens is 254 g/mol. The SMILES string of the molecule is CCC(C)C(N)c1nc(CCOc2ccccc2)no1. The Hall–Kier alpha value is -1.88. The second-order valence-electron chi connectivity index (χ2n) is 4.87. The molecular formula is C15H21N3O2. The summed E-state index contributed by atoms with van der Waals surface area (Å²) in [7, 11) is 0. The molecule has 0 aliphatic heterocycles. The van der Waals surface area contributed by atoms with Crippen LogP contribution in [0.2, 0.25) is 0 Å². The first-order valence-electron chi connectivity index (χ1n) is 6.96. The molecule has 0 saturated carbocycles. The molecule has 2 rings (SSSR count). The van der Waals surface area contributed by atoms with E-state index in [0.717, 1.165) is 12.2 Å². The van der Waals surface area contributed by atoms with Gasteiger partial charge in [-0.15, -0.1) is 0 Å². The highest BCUT2D eigenvalue weighted by atomic mass is 16.5. The van der Waals surface area contributed by atoms with Crippen molar-refractivity contribution < 1.29 is 9.26 Å². The number of benzene rings is 1. The lowest BCUT2D eigenvalue weighted by molar-refractivity contribution is 0.302. The molecule has 0 amide bonds. The maximum atomic E-state index is 6.05. The second kappa shape index (κ2) is 7.05. The molecule has 5 nitrogen and oxygen atoms in total. The molecule has 108 valence electrons. The van der Waals surface area contributed by atoms with E-state index in [0.29, 0.717) is 30.7 Å². The van der Waals surface area contributed by atoms with Crippen LogP contribution in [0, 0.1) is 5.92 Å². The molecule has 20 heavy (non-hydrogen) atoms. The van der Waals surface area contributed by atoms with Crippen molar-refractivity contribution in [1.82, 2.24) is 10.1 Å². The fourth-order valence-corrected chi connectivity index (χ4v) is 1.78. The monoisotopic (exact) mass is 275 g/mol. The molecule has 2 atom stereocenters. The van der Waals surface area contributed by atoms with Crippen LogP contribution < -0.4 is 10.5 Å². The van der Waals surface area contributed by atoms with Crippen LogP contribution in [-0.4, -0.2) is 16.7 Å². The Labute approximate surface area is 119 Å². The van der Waals surface area contributed by atoms with Gasteiger partial charge in [-0.1, -0.05) is 43.6 Å². The predicted molar refractivity (Wildman–Crippen MR) is 76.3 cm³/mol. The smallest absolute Gasteiger partial charge is 0.243 e. The fourth-order valence-electron chi connectivity index (χ4n) is 1.78. The maximum Gasteiger partial charge on any atom is 0.243 e. The third-order valence-electron chi connectivity index (χ3n) is 3.36. The van der Waals surface area contributed by atoms with Crippen LogP contribution in [0.4, 0.5) is 0 Å². The quantitative estimate of drug-likeness (QED) is 0.841. The molecule has 1 aromatic carbocycles. The van der Waals surface area contributed by atoms with E-state index in [-0.39, 0.29) is 6.04 Å². The van der Waals surface area contributed by atoms with Crippen molar-refractivity contribution in [1.29, 1.82) is 0 Å². The average molecular weight is 275 g/mol. The lowest BCUT2D eigenvalue weighted by Crippen LogP contribution is -2.19. The first kappa shape index (κ1) is 14.5. The zero-order chi connectivity index (χ0) is 14.4. The number of nitrogens with zero attached hydrogens (tertiary/aromatic N) is 2. The summed E-state index contributed by atoms with van der Waals surface area (Å²) in [5, 5.41) is 3.94. The van der Waals surface area contributed by atoms with Crippen LogP contribution in [0.3, 0.4) is 0 Å². The van der Waals surface area contributed by atoms with E-state index in [1.165, 1.54) is 0 Å². The van der Waals surface area contributed by atoms with E-state index < -0.39 is 0 Å². The van der Waals surface area contributed by atoms with Crippen molar-refractivity contribution in [2.75, 3.05) is 6.61 Å². The van der Waals surface area contributed by atoms with Gasteiger partial charge in [-0.2, -0.15) is 4.98 Å². The van der Waals surface area contributed by atoms with Crippen molar-refractivity contribution in [2.24, 2.45) is 11.7 Å². The van der Waals surface area contributed by atoms with Gasteiger partial charge in [0.15, 0.2) is 5.82 Å². The molecule has 0 radical (unpaired) electrons. The number of hydrogen-bond acceptors (Lipinski definition) is 5. The molecule has 1 aromatic heterocycles. The summed E-state index contributed by atoms with van der Waals surface area (Å²) in [4.78, 5) is 4.33. The van der Waals surface area contributed by atoms with Gasteiger partial charge in [0.25, 0.3) is 0 Å². The number of aromatic nitrogens is 2. The first-order valence-corrected chi connectivity index (χ1v) is 6.96. The molecule has 2 aromatic rings. The standard InChI is InChI=1S/C15H21N3O2/c1-3-11(2)14(16)15-17-13(18-20-15)9-10-19-12-7-5-4-6-8-12/h4-8,11,14H,3,9-10,16H2,1-2H3. The average Bonchev–Trinajstić information content (AvgIpc) is 2.95. The molecule has 0 spiro atoms. The normalized spacial score (nSPS) is 13.9. The van der Waals surface area contributed by atoms with Crippen molar-refractivity contribution in [3.05, 3.63) is 42.0 Å². The minimum absolute atomic E-state index is 0.198.